The monoisotopic (exact) mass is 401 g/mol. The second-order valence-electron chi connectivity index (χ2n) is 6.55. The average Bonchev–Trinajstić information content (AvgIpc) is 2.74. The molecule has 2 N–H and O–H groups in total. The van der Waals surface area contributed by atoms with E-state index in [0.717, 1.165) is 11.6 Å². The molecule has 0 aliphatic carbocycles. The Labute approximate surface area is 173 Å². The van der Waals surface area contributed by atoms with Crippen molar-refractivity contribution in [2.24, 2.45) is 0 Å². The molecule has 0 radical (unpaired) electrons. The van der Waals surface area contributed by atoms with Gasteiger partial charge in [-0.2, -0.15) is 0 Å². The van der Waals surface area contributed by atoms with Gasteiger partial charge in [0.05, 0.1) is 4.92 Å². The molecule has 0 unspecified atom stereocenters. The number of nitrogens with one attached hydrogen (secondary N) is 2. The average molecular weight is 401 g/mol. The molecule has 30 heavy (non-hydrogen) atoms. The minimum Gasteiger partial charge on any atom is -0.321 e. The summed E-state index contributed by atoms with van der Waals surface area (Å²) < 4.78 is 0. The van der Waals surface area contributed by atoms with E-state index in [9.17, 15) is 19.7 Å². The van der Waals surface area contributed by atoms with Gasteiger partial charge in [0.15, 0.2) is 0 Å². The van der Waals surface area contributed by atoms with Crippen molar-refractivity contribution in [2.75, 3.05) is 5.32 Å². The van der Waals surface area contributed by atoms with E-state index in [1.54, 1.807) is 30.3 Å². The predicted molar refractivity (Wildman–Crippen MR) is 115 cm³/mol. The number of non-ortho nitro benzene ring substituents is 1. The van der Waals surface area contributed by atoms with Gasteiger partial charge in [-0.15, -0.1) is 0 Å². The SMILES string of the molecule is Cc1cccc(NC(=O)C(=Cc2ccccc2)NC(=O)c2cccc([N+](=O)[O-])c2)c1. The number of nitro benzene ring substituents is 1. The summed E-state index contributed by atoms with van der Waals surface area (Å²) in [6, 6.07) is 21.6. The maximum atomic E-state index is 12.9. The standard InChI is InChI=1S/C23H19N3O4/c1-16-7-5-11-19(13-16)24-23(28)21(14-17-8-3-2-4-9-17)25-22(27)18-10-6-12-20(15-18)26(29)30/h2-15H,1H3,(H,24,28)(H,25,27). The van der Waals surface area contributed by atoms with Crippen LogP contribution in [0.4, 0.5) is 11.4 Å². The number of hydrogen-bond donors (Lipinski definition) is 2. The second-order valence-corrected chi connectivity index (χ2v) is 6.55. The van der Waals surface area contributed by atoms with Crippen molar-refractivity contribution in [3.8, 4) is 0 Å². The zero-order valence-electron chi connectivity index (χ0n) is 16.2. The zero-order valence-corrected chi connectivity index (χ0v) is 16.2. The molecule has 0 aliphatic rings. The van der Waals surface area contributed by atoms with Gasteiger partial charge in [-0.1, -0.05) is 48.5 Å². The number of carbonyl (C=O) groups is 2. The lowest BCUT2D eigenvalue weighted by atomic mass is 10.1. The summed E-state index contributed by atoms with van der Waals surface area (Å²) in [7, 11) is 0. The Balaban J connectivity index is 1.89. The van der Waals surface area contributed by atoms with E-state index in [-0.39, 0.29) is 16.9 Å². The van der Waals surface area contributed by atoms with Gasteiger partial charge in [-0.25, -0.2) is 0 Å². The van der Waals surface area contributed by atoms with E-state index in [1.165, 1.54) is 18.2 Å². The first-order chi connectivity index (χ1) is 14.4. The van der Waals surface area contributed by atoms with E-state index in [4.69, 9.17) is 0 Å². The predicted octanol–water partition coefficient (Wildman–Crippen LogP) is 4.31. The number of nitrogens with zero attached hydrogens (tertiary/aromatic N) is 1. The molecule has 0 saturated carbocycles. The molecule has 0 aromatic heterocycles. The van der Waals surface area contributed by atoms with Gasteiger partial charge in [-0.3, -0.25) is 19.7 Å². The van der Waals surface area contributed by atoms with Crippen LogP contribution in [0.5, 0.6) is 0 Å². The van der Waals surface area contributed by atoms with Crippen molar-refractivity contribution < 1.29 is 14.5 Å². The fourth-order valence-electron chi connectivity index (χ4n) is 2.75. The third-order valence-electron chi connectivity index (χ3n) is 4.20. The van der Waals surface area contributed by atoms with Crippen LogP contribution in [0, 0.1) is 17.0 Å². The molecule has 0 saturated heterocycles. The summed E-state index contributed by atoms with van der Waals surface area (Å²) >= 11 is 0. The fourth-order valence-corrected chi connectivity index (χ4v) is 2.75. The number of rotatable bonds is 6. The van der Waals surface area contributed by atoms with Crippen molar-refractivity contribution in [1.29, 1.82) is 0 Å². The molecule has 0 bridgehead atoms. The molecular weight excluding hydrogens is 382 g/mol. The van der Waals surface area contributed by atoms with Crippen molar-refractivity contribution in [1.82, 2.24) is 5.32 Å². The van der Waals surface area contributed by atoms with Crippen LogP contribution >= 0.6 is 0 Å². The van der Waals surface area contributed by atoms with E-state index in [0.29, 0.717) is 11.3 Å². The van der Waals surface area contributed by atoms with E-state index in [1.807, 2.05) is 37.3 Å². The number of hydrogen-bond acceptors (Lipinski definition) is 4. The van der Waals surface area contributed by atoms with E-state index < -0.39 is 16.7 Å². The summed E-state index contributed by atoms with van der Waals surface area (Å²) in [5.74, 6) is -1.14. The van der Waals surface area contributed by atoms with E-state index in [2.05, 4.69) is 10.6 Å². The smallest absolute Gasteiger partial charge is 0.272 e. The van der Waals surface area contributed by atoms with Gasteiger partial charge in [0.2, 0.25) is 0 Å². The highest BCUT2D eigenvalue weighted by Gasteiger charge is 2.17. The first-order valence-corrected chi connectivity index (χ1v) is 9.13. The third-order valence-corrected chi connectivity index (χ3v) is 4.20. The molecule has 3 aromatic carbocycles. The van der Waals surface area contributed by atoms with Crippen LogP contribution in [0.1, 0.15) is 21.5 Å². The molecule has 0 atom stereocenters. The zero-order chi connectivity index (χ0) is 21.5. The highest BCUT2D eigenvalue weighted by molar-refractivity contribution is 6.10. The van der Waals surface area contributed by atoms with E-state index >= 15 is 0 Å². The van der Waals surface area contributed by atoms with Gasteiger partial charge in [-0.05, 0) is 42.3 Å². The number of carbonyl (C=O) groups excluding carboxylic acids is 2. The summed E-state index contributed by atoms with van der Waals surface area (Å²) in [5, 5.41) is 16.3. The highest BCUT2D eigenvalue weighted by atomic mass is 16.6. The minimum absolute atomic E-state index is 0.0132. The Morgan fingerprint density at radius 1 is 0.933 bits per heavy atom. The topological polar surface area (TPSA) is 101 Å². The van der Waals surface area contributed by atoms with Crippen molar-refractivity contribution >= 4 is 29.3 Å². The maximum absolute atomic E-state index is 12.9. The van der Waals surface area contributed by atoms with Crippen LogP contribution in [0.3, 0.4) is 0 Å². The van der Waals surface area contributed by atoms with Gasteiger partial charge in [0.25, 0.3) is 17.5 Å². The summed E-state index contributed by atoms with van der Waals surface area (Å²) in [6.07, 6.45) is 1.54. The summed E-state index contributed by atoms with van der Waals surface area (Å²) in [6.45, 7) is 1.90. The molecule has 0 fully saturated rings. The van der Waals surface area contributed by atoms with Crippen LogP contribution in [0.15, 0.2) is 84.6 Å². The minimum atomic E-state index is -0.625. The molecule has 7 nitrogen and oxygen atoms in total. The number of aryl methyl sites for hydroxylation is 1. The quantitative estimate of drug-likeness (QED) is 0.365. The van der Waals surface area contributed by atoms with Gasteiger partial charge < -0.3 is 10.6 Å². The van der Waals surface area contributed by atoms with Crippen molar-refractivity contribution in [3.05, 3.63) is 111 Å². The van der Waals surface area contributed by atoms with Gasteiger partial charge in [0, 0.05) is 23.4 Å². The Hall–Kier alpha value is -4.26. The number of anilines is 1. The molecule has 0 aliphatic heterocycles. The van der Waals surface area contributed by atoms with Crippen LogP contribution in [0.25, 0.3) is 6.08 Å². The highest BCUT2D eigenvalue weighted by Crippen LogP contribution is 2.15. The lowest BCUT2D eigenvalue weighted by molar-refractivity contribution is -0.384. The van der Waals surface area contributed by atoms with Gasteiger partial charge in [0.1, 0.15) is 5.70 Å². The van der Waals surface area contributed by atoms with Crippen molar-refractivity contribution in [2.45, 2.75) is 6.92 Å². The summed E-state index contributed by atoms with van der Waals surface area (Å²) in [4.78, 5) is 35.9. The Bertz CT molecular complexity index is 1120. The number of nitro groups is 1. The first kappa shape index (κ1) is 20.5. The third kappa shape index (κ3) is 5.39. The van der Waals surface area contributed by atoms with Gasteiger partial charge >= 0.3 is 0 Å². The molecule has 150 valence electrons. The maximum Gasteiger partial charge on any atom is 0.272 e. The molecule has 0 heterocycles. The summed E-state index contributed by atoms with van der Waals surface area (Å²) in [5.41, 5.74) is 2.16. The Morgan fingerprint density at radius 2 is 1.67 bits per heavy atom. The normalized spacial score (nSPS) is 10.9. The molecule has 7 heteroatoms. The molecule has 3 rings (SSSR count). The van der Waals surface area contributed by atoms with Crippen LogP contribution in [0.2, 0.25) is 0 Å². The number of amides is 2. The van der Waals surface area contributed by atoms with Crippen LogP contribution in [-0.2, 0) is 4.79 Å². The lowest BCUT2D eigenvalue weighted by Gasteiger charge is -2.12. The largest absolute Gasteiger partial charge is 0.321 e. The van der Waals surface area contributed by atoms with Crippen molar-refractivity contribution in [3.63, 3.8) is 0 Å². The second kappa shape index (κ2) is 9.29. The molecular formula is C23H19N3O4. The fraction of sp³-hybridized carbons (Fsp3) is 0.0435. The molecule has 0 spiro atoms. The number of benzene rings is 3. The molecule has 3 aromatic rings. The Kier molecular flexibility index (Phi) is 6.34. The first-order valence-electron chi connectivity index (χ1n) is 9.13. The van der Waals surface area contributed by atoms with Crippen LogP contribution in [-0.4, -0.2) is 16.7 Å². The Morgan fingerprint density at radius 3 is 2.37 bits per heavy atom. The lowest BCUT2D eigenvalue weighted by Crippen LogP contribution is -2.30. The molecule has 2 amide bonds. The van der Waals surface area contributed by atoms with Crippen LogP contribution < -0.4 is 10.6 Å².